The number of nitrogens with one attached hydrogen (secondary N) is 1. The minimum Gasteiger partial charge on any atom is -0.383 e. The van der Waals surface area contributed by atoms with E-state index in [1.165, 1.54) is 6.42 Å². The normalized spacial score (nSPS) is 19.9. The Morgan fingerprint density at radius 2 is 2.29 bits per heavy atom. The van der Waals surface area contributed by atoms with Crippen LogP contribution in [0.25, 0.3) is 0 Å². The second-order valence-corrected chi connectivity index (χ2v) is 5.07. The van der Waals surface area contributed by atoms with E-state index in [2.05, 4.69) is 19.2 Å². The number of amides is 1. The zero-order valence-corrected chi connectivity index (χ0v) is 11.4. The van der Waals surface area contributed by atoms with Gasteiger partial charge in [0.2, 0.25) is 5.91 Å². The van der Waals surface area contributed by atoms with Crippen LogP contribution in [0.4, 0.5) is 0 Å². The van der Waals surface area contributed by atoms with Crippen LogP contribution in [0.15, 0.2) is 0 Å². The van der Waals surface area contributed by atoms with Gasteiger partial charge in [-0.05, 0) is 45.7 Å². The molecule has 1 aliphatic rings. The number of hydrogen-bond donors (Lipinski definition) is 1. The molecular formula is C13H26N2O2. The number of carbonyl (C=O) groups is 1. The van der Waals surface area contributed by atoms with Gasteiger partial charge in [-0.1, -0.05) is 0 Å². The standard InChI is InChI=1S/C13H26N2O2/c1-11(2)15(8-9-17-3)13(16)5-4-12-6-7-14-10-12/h11-12,14H,4-10H2,1-3H3. The van der Waals surface area contributed by atoms with Crippen LogP contribution in [0.2, 0.25) is 0 Å². The lowest BCUT2D eigenvalue weighted by atomic mass is 10.0. The van der Waals surface area contributed by atoms with Crippen molar-refractivity contribution < 1.29 is 9.53 Å². The molecule has 0 radical (unpaired) electrons. The molecule has 1 fully saturated rings. The average molecular weight is 242 g/mol. The van der Waals surface area contributed by atoms with E-state index >= 15 is 0 Å². The second-order valence-electron chi connectivity index (χ2n) is 5.07. The molecule has 100 valence electrons. The highest BCUT2D eigenvalue weighted by Crippen LogP contribution is 2.15. The Bertz CT molecular complexity index is 225. The summed E-state index contributed by atoms with van der Waals surface area (Å²) in [5.41, 5.74) is 0. The maximum atomic E-state index is 12.1. The lowest BCUT2D eigenvalue weighted by Gasteiger charge is -2.27. The van der Waals surface area contributed by atoms with E-state index in [4.69, 9.17) is 4.74 Å². The fraction of sp³-hybridized carbons (Fsp3) is 0.923. The van der Waals surface area contributed by atoms with Crippen LogP contribution >= 0.6 is 0 Å². The molecule has 1 amide bonds. The Labute approximate surface area is 105 Å². The van der Waals surface area contributed by atoms with Crippen molar-refractivity contribution in [2.24, 2.45) is 5.92 Å². The first kappa shape index (κ1) is 14.5. The van der Waals surface area contributed by atoms with Gasteiger partial charge >= 0.3 is 0 Å². The second kappa shape index (κ2) is 7.67. The fourth-order valence-electron chi connectivity index (χ4n) is 2.29. The monoisotopic (exact) mass is 242 g/mol. The predicted octanol–water partition coefficient (Wildman–Crippen LogP) is 1.26. The van der Waals surface area contributed by atoms with E-state index in [1.54, 1.807) is 7.11 Å². The van der Waals surface area contributed by atoms with Crippen LogP contribution in [0.1, 0.15) is 33.1 Å². The van der Waals surface area contributed by atoms with Crippen molar-refractivity contribution in [1.29, 1.82) is 0 Å². The summed E-state index contributed by atoms with van der Waals surface area (Å²) in [6, 6.07) is 0.263. The smallest absolute Gasteiger partial charge is 0.222 e. The van der Waals surface area contributed by atoms with E-state index < -0.39 is 0 Å². The molecular weight excluding hydrogens is 216 g/mol. The molecule has 17 heavy (non-hydrogen) atoms. The van der Waals surface area contributed by atoms with Gasteiger partial charge in [0.1, 0.15) is 0 Å². The summed E-state index contributed by atoms with van der Waals surface area (Å²) in [4.78, 5) is 14.0. The van der Waals surface area contributed by atoms with Gasteiger partial charge in [0, 0.05) is 26.1 Å². The Balaban J connectivity index is 2.30. The first-order valence-electron chi connectivity index (χ1n) is 6.64. The van der Waals surface area contributed by atoms with Gasteiger partial charge in [-0.2, -0.15) is 0 Å². The SMILES string of the molecule is COCCN(C(=O)CCC1CCNC1)C(C)C. The Morgan fingerprint density at radius 1 is 1.53 bits per heavy atom. The third kappa shape index (κ3) is 5.04. The zero-order valence-electron chi connectivity index (χ0n) is 11.4. The maximum absolute atomic E-state index is 12.1. The number of rotatable bonds is 7. The third-order valence-corrected chi connectivity index (χ3v) is 3.41. The maximum Gasteiger partial charge on any atom is 0.222 e. The van der Waals surface area contributed by atoms with Crippen molar-refractivity contribution in [3.8, 4) is 0 Å². The van der Waals surface area contributed by atoms with Crippen LogP contribution in [0, 0.1) is 5.92 Å². The molecule has 1 unspecified atom stereocenters. The average Bonchev–Trinajstić information content (AvgIpc) is 2.79. The number of hydrogen-bond acceptors (Lipinski definition) is 3. The van der Waals surface area contributed by atoms with Gasteiger partial charge in [0.15, 0.2) is 0 Å². The van der Waals surface area contributed by atoms with Crippen molar-refractivity contribution in [3.05, 3.63) is 0 Å². The number of nitrogens with zero attached hydrogens (tertiary/aromatic N) is 1. The largest absolute Gasteiger partial charge is 0.383 e. The lowest BCUT2D eigenvalue weighted by Crippen LogP contribution is -2.39. The highest BCUT2D eigenvalue weighted by Gasteiger charge is 2.20. The molecule has 1 rings (SSSR count). The summed E-state index contributed by atoms with van der Waals surface area (Å²) < 4.78 is 5.05. The van der Waals surface area contributed by atoms with Crippen molar-refractivity contribution in [3.63, 3.8) is 0 Å². The molecule has 1 N–H and O–H groups in total. The van der Waals surface area contributed by atoms with Crippen molar-refractivity contribution in [2.75, 3.05) is 33.4 Å². The molecule has 1 heterocycles. The van der Waals surface area contributed by atoms with Crippen LogP contribution in [-0.4, -0.2) is 50.2 Å². The van der Waals surface area contributed by atoms with Crippen molar-refractivity contribution in [1.82, 2.24) is 10.2 Å². The lowest BCUT2D eigenvalue weighted by molar-refractivity contribution is -0.133. The topological polar surface area (TPSA) is 41.6 Å². The van der Waals surface area contributed by atoms with Gasteiger partial charge in [0.05, 0.1) is 6.61 Å². The van der Waals surface area contributed by atoms with E-state index in [1.807, 2.05) is 4.90 Å². The van der Waals surface area contributed by atoms with Gasteiger partial charge < -0.3 is 15.0 Å². The van der Waals surface area contributed by atoms with Crippen LogP contribution < -0.4 is 5.32 Å². The van der Waals surface area contributed by atoms with E-state index in [-0.39, 0.29) is 11.9 Å². The van der Waals surface area contributed by atoms with E-state index in [0.717, 1.165) is 19.5 Å². The summed E-state index contributed by atoms with van der Waals surface area (Å²) in [6.07, 6.45) is 2.91. The van der Waals surface area contributed by atoms with E-state index in [9.17, 15) is 4.79 Å². The third-order valence-electron chi connectivity index (χ3n) is 3.41. The Hall–Kier alpha value is -0.610. The first-order valence-corrected chi connectivity index (χ1v) is 6.64. The predicted molar refractivity (Wildman–Crippen MR) is 68.9 cm³/mol. The molecule has 0 aromatic heterocycles. The molecule has 0 aromatic rings. The molecule has 0 aromatic carbocycles. The molecule has 1 aliphatic heterocycles. The molecule has 4 heteroatoms. The molecule has 0 spiro atoms. The minimum atomic E-state index is 0.263. The Kier molecular flexibility index (Phi) is 6.52. The van der Waals surface area contributed by atoms with Crippen LogP contribution in [0.3, 0.4) is 0 Å². The molecule has 0 saturated carbocycles. The highest BCUT2D eigenvalue weighted by molar-refractivity contribution is 5.76. The summed E-state index contributed by atoms with van der Waals surface area (Å²) in [5.74, 6) is 0.958. The van der Waals surface area contributed by atoms with E-state index in [0.29, 0.717) is 25.5 Å². The quantitative estimate of drug-likeness (QED) is 0.731. The van der Waals surface area contributed by atoms with Gasteiger partial charge in [0.25, 0.3) is 0 Å². The molecule has 0 bridgehead atoms. The first-order chi connectivity index (χ1) is 8.15. The van der Waals surface area contributed by atoms with Gasteiger partial charge in [-0.25, -0.2) is 0 Å². The molecule has 1 atom stereocenters. The number of methoxy groups -OCH3 is 1. The zero-order chi connectivity index (χ0) is 12.7. The highest BCUT2D eigenvalue weighted by atomic mass is 16.5. The van der Waals surface area contributed by atoms with Gasteiger partial charge in [-0.15, -0.1) is 0 Å². The van der Waals surface area contributed by atoms with Gasteiger partial charge in [-0.3, -0.25) is 4.79 Å². The molecule has 1 saturated heterocycles. The minimum absolute atomic E-state index is 0.263. The van der Waals surface area contributed by atoms with Crippen LogP contribution in [-0.2, 0) is 9.53 Å². The molecule has 0 aliphatic carbocycles. The van der Waals surface area contributed by atoms with Crippen LogP contribution in [0.5, 0.6) is 0 Å². The summed E-state index contributed by atoms with van der Waals surface area (Å²) >= 11 is 0. The number of ether oxygens (including phenoxy) is 1. The Morgan fingerprint density at radius 3 is 2.82 bits per heavy atom. The van der Waals surface area contributed by atoms with Crippen molar-refractivity contribution >= 4 is 5.91 Å². The summed E-state index contributed by atoms with van der Waals surface area (Å²) in [7, 11) is 1.67. The summed E-state index contributed by atoms with van der Waals surface area (Å²) in [6.45, 7) is 7.63. The number of carbonyl (C=O) groups excluding carboxylic acids is 1. The molecule has 4 nitrogen and oxygen atoms in total. The van der Waals surface area contributed by atoms with Crippen molar-refractivity contribution in [2.45, 2.75) is 39.2 Å². The fourth-order valence-corrected chi connectivity index (χ4v) is 2.29. The summed E-state index contributed by atoms with van der Waals surface area (Å²) in [5, 5.41) is 3.34.